The molecule has 4 rings (SSSR count). The van der Waals surface area contributed by atoms with Crippen molar-refractivity contribution in [2.24, 2.45) is 0 Å². The van der Waals surface area contributed by atoms with Gasteiger partial charge in [0.1, 0.15) is 5.52 Å². The van der Waals surface area contributed by atoms with Crippen LogP contribution in [0, 0.1) is 0 Å². The molecule has 0 spiro atoms. The van der Waals surface area contributed by atoms with Gasteiger partial charge in [-0.1, -0.05) is 32.9 Å². The normalized spacial score (nSPS) is 16.0. The standard InChI is InChI=1S/C21H27N5O2/c1-21(2,3)18-8-9-19(27)26(23-18)15-12-24-10-13-25(14-11-24)20-22-16-6-4-5-7-17(16)28-20/h4-9H,10-15H2,1-3H3. The molecule has 7 nitrogen and oxygen atoms in total. The van der Waals surface area contributed by atoms with E-state index in [9.17, 15) is 4.79 Å². The summed E-state index contributed by atoms with van der Waals surface area (Å²) in [5, 5.41) is 4.56. The first-order valence-electron chi connectivity index (χ1n) is 9.82. The lowest BCUT2D eigenvalue weighted by molar-refractivity contribution is 0.238. The second kappa shape index (κ2) is 7.39. The van der Waals surface area contributed by atoms with Gasteiger partial charge in [0, 0.05) is 44.2 Å². The summed E-state index contributed by atoms with van der Waals surface area (Å²) in [5.74, 6) is 0. The number of hydrogen-bond donors (Lipinski definition) is 0. The van der Waals surface area contributed by atoms with E-state index in [-0.39, 0.29) is 11.0 Å². The summed E-state index contributed by atoms with van der Waals surface area (Å²) in [4.78, 5) is 21.3. The summed E-state index contributed by atoms with van der Waals surface area (Å²) in [5.41, 5.74) is 2.54. The van der Waals surface area contributed by atoms with Crippen molar-refractivity contribution in [1.29, 1.82) is 0 Å². The highest BCUT2D eigenvalue weighted by Gasteiger charge is 2.21. The van der Waals surface area contributed by atoms with E-state index >= 15 is 0 Å². The summed E-state index contributed by atoms with van der Waals surface area (Å²) in [6.45, 7) is 11.3. The van der Waals surface area contributed by atoms with Crippen LogP contribution in [-0.4, -0.2) is 52.4 Å². The van der Waals surface area contributed by atoms with E-state index in [0.29, 0.717) is 12.6 Å². The predicted molar refractivity (Wildman–Crippen MR) is 110 cm³/mol. The van der Waals surface area contributed by atoms with E-state index in [1.54, 1.807) is 10.7 Å². The van der Waals surface area contributed by atoms with Crippen LogP contribution in [0.5, 0.6) is 0 Å². The van der Waals surface area contributed by atoms with Crippen molar-refractivity contribution in [3.05, 3.63) is 52.4 Å². The molecule has 1 aliphatic rings. The van der Waals surface area contributed by atoms with Gasteiger partial charge in [-0.25, -0.2) is 4.68 Å². The SMILES string of the molecule is CC(C)(C)c1ccc(=O)n(CCN2CCN(c3nc4ccccc4o3)CC2)n1. The zero-order chi connectivity index (χ0) is 19.7. The zero-order valence-corrected chi connectivity index (χ0v) is 16.8. The first-order chi connectivity index (χ1) is 13.4. The lowest BCUT2D eigenvalue weighted by atomic mass is 9.92. The van der Waals surface area contributed by atoms with Crippen LogP contribution in [0.2, 0.25) is 0 Å². The van der Waals surface area contributed by atoms with Gasteiger partial charge < -0.3 is 9.32 Å². The summed E-state index contributed by atoms with van der Waals surface area (Å²) in [6.07, 6.45) is 0. The van der Waals surface area contributed by atoms with E-state index in [1.807, 2.05) is 30.3 Å². The quantitative estimate of drug-likeness (QED) is 0.692. The van der Waals surface area contributed by atoms with Crippen molar-refractivity contribution in [2.75, 3.05) is 37.6 Å². The van der Waals surface area contributed by atoms with E-state index < -0.39 is 0 Å². The van der Waals surface area contributed by atoms with Crippen molar-refractivity contribution in [3.63, 3.8) is 0 Å². The van der Waals surface area contributed by atoms with Crippen LogP contribution < -0.4 is 10.5 Å². The Morgan fingerprint density at radius 1 is 1.00 bits per heavy atom. The Hall–Kier alpha value is -2.67. The van der Waals surface area contributed by atoms with Gasteiger partial charge in [-0.2, -0.15) is 10.1 Å². The number of fused-ring (bicyclic) bond motifs is 1. The molecule has 1 aliphatic heterocycles. The number of aromatic nitrogens is 3. The predicted octanol–water partition coefficient (Wildman–Crippen LogP) is 2.50. The molecular weight excluding hydrogens is 354 g/mol. The van der Waals surface area contributed by atoms with Crippen LogP contribution in [0.25, 0.3) is 11.1 Å². The Kier molecular flexibility index (Phi) is 4.93. The van der Waals surface area contributed by atoms with E-state index in [2.05, 4.69) is 40.7 Å². The van der Waals surface area contributed by atoms with Gasteiger partial charge in [-0.05, 0) is 18.2 Å². The molecule has 1 aromatic carbocycles. The molecule has 3 heterocycles. The van der Waals surface area contributed by atoms with Gasteiger partial charge in [-0.15, -0.1) is 0 Å². The molecule has 1 fully saturated rings. The number of oxazole rings is 1. The van der Waals surface area contributed by atoms with E-state index in [0.717, 1.165) is 49.5 Å². The van der Waals surface area contributed by atoms with E-state index in [4.69, 9.17) is 4.42 Å². The molecule has 2 aromatic heterocycles. The molecule has 28 heavy (non-hydrogen) atoms. The summed E-state index contributed by atoms with van der Waals surface area (Å²) >= 11 is 0. The zero-order valence-electron chi connectivity index (χ0n) is 16.8. The lowest BCUT2D eigenvalue weighted by Gasteiger charge is -2.33. The van der Waals surface area contributed by atoms with Crippen LogP contribution in [0.4, 0.5) is 6.01 Å². The first-order valence-corrected chi connectivity index (χ1v) is 9.82. The second-order valence-corrected chi connectivity index (χ2v) is 8.32. The molecule has 7 heteroatoms. The largest absolute Gasteiger partial charge is 0.423 e. The monoisotopic (exact) mass is 381 g/mol. The fourth-order valence-electron chi connectivity index (χ4n) is 3.40. The average Bonchev–Trinajstić information content (AvgIpc) is 3.11. The number of rotatable bonds is 4. The molecule has 0 radical (unpaired) electrons. The first kappa shape index (κ1) is 18.7. The van der Waals surface area contributed by atoms with Crippen LogP contribution in [0.3, 0.4) is 0 Å². The minimum absolute atomic E-state index is 0.0434. The third-order valence-corrected chi connectivity index (χ3v) is 5.19. The Morgan fingerprint density at radius 2 is 1.75 bits per heavy atom. The van der Waals surface area contributed by atoms with Crippen LogP contribution >= 0.6 is 0 Å². The molecule has 0 bridgehead atoms. The highest BCUT2D eigenvalue weighted by molar-refractivity contribution is 5.74. The maximum absolute atomic E-state index is 12.1. The summed E-state index contributed by atoms with van der Waals surface area (Å²) in [6, 6.07) is 12.0. The maximum atomic E-state index is 12.1. The number of hydrogen-bond acceptors (Lipinski definition) is 6. The number of piperazine rings is 1. The van der Waals surface area contributed by atoms with Crippen molar-refractivity contribution in [1.82, 2.24) is 19.7 Å². The van der Waals surface area contributed by atoms with Crippen molar-refractivity contribution >= 4 is 17.1 Å². The Balaban J connectivity index is 1.35. The minimum atomic E-state index is -0.0688. The fraction of sp³-hybridized carbons (Fsp3) is 0.476. The number of benzene rings is 1. The van der Waals surface area contributed by atoms with Crippen molar-refractivity contribution in [3.8, 4) is 0 Å². The molecule has 0 N–H and O–H groups in total. The molecule has 3 aromatic rings. The maximum Gasteiger partial charge on any atom is 0.298 e. The average molecular weight is 381 g/mol. The molecule has 0 saturated carbocycles. The summed E-state index contributed by atoms with van der Waals surface area (Å²) in [7, 11) is 0. The van der Waals surface area contributed by atoms with E-state index in [1.165, 1.54) is 0 Å². The van der Waals surface area contributed by atoms with Gasteiger partial charge in [0.05, 0.1) is 12.2 Å². The molecule has 0 aliphatic carbocycles. The van der Waals surface area contributed by atoms with Crippen LogP contribution in [0.1, 0.15) is 26.5 Å². The van der Waals surface area contributed by atoms with Gasteiger partial charge >= 0.3 is 0 Å². The molecular formula is C21H27N5O2. The van der Waals surface area contributed by atoms with Gasteiger partial charge in [0.25, 0.3) is 11.6 Å². The Morgan fingerprint density at radius 3 is 2.46 bits per heavy atom. The number of anilines is 1. The van der Waals surface area contributed by atoms with Gasteiger partial charge in [0.2, 0.25) is 0 Å². The Bertz CT molecular complexity index is 976. The molecule has 1 saturated heterocycles. The third kappa shape index (κ3) is 3.94. The smallest absolute Gasteiger partial charge is 0.298 e. The highest BCUT2D eigenvalue weighted by atomic mass is 16.4. The fourth-order valence-corrected chi connectivity index (χ4v) is 3.40. The van der Waals surface area contributed by atoms with Crippen molar-refractivity contribution in [2.45, 2.75) is 32.7 Å². The van der Waals surface area contributed by atoms with Gasteiger partial charge in [0.15, 0.2) is 5.58 Å². The minimum Gasteiger partial charge on any atom is -0.423 e. The number of nitrogens with zero attached hydrogens (tertiary/aromatic N) is 5. The highest BCUT2D eigenvalue weighted by Crippen LogP contribution is 2.22. The third-order valence-electron chi connectivity index (χ3n) is 5.19. The van der Waals surface area contributed by atoms with Gasteiger partial charge in [-0.3, -0.25) is 9.69 Å². The molecule has 148 valence electrons. The molecule has 0 amide bonds. The van der Waals surface area contributed by atoms with Crippen LogP contribution in [0.15, 0.2) is 45.6 Å². The topological polar surface area (TPSA) is 67.4 Å². The number of para-hydroxylation sites is 2. The van der Waals surface area contributed by atoms with Crippen LogP contribution in [-0.2, 0) is 12.0 Å². The lowest BCUT2D eigenvalue weighted by Crippen LogP contribution is -2.47. The Labute approximate surface area is 164 Å². The second-order valence-electron chi connectivity index (χ2n) is 8.32. The molecule has 0 atom stereocenters. The summed E-state index contributed by atoms with van der Waals surface area (Å²) < 4.78 is 7.46. The van der Waals surface area contributed by atoms with Crippen molar-refractivity contribution < 1.29 is 4.42 Å². The molecule has 0 unspecified atom stereocenters.